The van der Waals surface area contributed by atoms with Gasteiger partial charge in [0.1, 0.15) is 5.82 Å². The molecule has 32 heavy (non-hydrogen) atoms. The molecule has 1 atom stereocenters. The van der Waals surface area contributed by atoms with Gasteiger partial charge in [0.05, 0.1) is 11.3 Å². The summed E-state index contributed by atoms with van der Waals surface area (Å²) in [5.74, 6) is 0.862. The number of benzene rings is 1. The van der Waals surface area contributed by atoms with Crippen molar-refractivity contribution in [1.82, 2.24) is 19.8 Å². The number of thiophene rings is 1. The van der Waals surface area contributed by atoms with Crippen LogP contribution in [0.1, 0.15) is 56.6 Å². The van der Waals surface area contributed by atoms with Crippen LogP contribution in [0, 0.1) is 6.92 Å². The van der Waals surface area contributed by atoms with Gasteiger partial charge in [0.2, 0.25) is 0 Å². The molecule has 0 saturated carbocycles. The molecule has 0 spiro atoms. The number of amides is 1. The Bertz CT molecular complexity index is 1150. The second kappa shape index (κ2) is 9.00. The van der Waals surface area contributed by atoms with Crippen molar-refractivity contribution in [2.75, 3.05) is 19.6 Å². The van der Waals surface area contributed by atoms with Gasteiger partial charge >= 0.3 is 0 Å². The minimum atomic E-state index is -0.0251. The maximum atomic E-state index is 13.0. The zero-order chi connectivity index (χ0) is 22.1. The van der Waals surface area contributed by atoms with Gasteiger partial charge in [-0.1, -0.05) is 23.8 Å². The predicted molar refractivity (Wildman–Crippen MR) is 126 cm³/mol. The van der Waals surface area contributed by atoms with Crippen molar-refractivity contribution >= 4 is 17.2 Å². The van der Waals surface area contributed by atoms with E-state index in [1.54, 1.807) is 11.3 Å². The third kappa shape index (κ3) is 4.40. The number of nitrogens with zero attached hydrogens (tertiary/aromatic N) is 3. The number of rotatable bonds is 4. The number of nitrogens with one attached hydrogen (secondary N) is 1. The lowest BCUT2D eigenvalue weighted by Crippen LogP contribution is -2.41. The lowest BCUT2D eigenvalue weighted by Gasteiger charge is -2.33. The maximum Gasteiger partial charge on any atom is 0.255 e. The first kappa shape index (κ1) is 21.1. The molecule has 0 unspecified atom stereocenters. The number of aromatic amines is 1. The number of aromatic nitrogens is 2. The first-order valence-electron chi connectivity index (χ1n) is 11.3. The Kier molecular flexibility index (Phi) is 5.93. The Morgan fingerprint density at radius 1 is 1.22 bits per heavy atom. The van der Waals surface area contributed by atoms with Crippen LogP contribution in [-0.4, -0.2) is 45.3 Å². The van der Waals surface area contributed by atoms with Gasteiger partial charge in [0.15, 0.2) is 0 Å². The van der Waals surface area contributed by atoms with Crippen molar-refractivity contribution in [2.24, 2.45) is 0 Å². The van der Waals surface area contributed by atoms with Gasteiger partial charge in [-0.15, -0.1) is 11.3 Å². The summed E-state index contributed by atoms with van der Waals surface area (Å²) >= 11 is 1.75. The summed E-state index contributed by atoms with van der Waals surface area (Å²) in [6, 6.07) is 11.9. The molecule has 5 rings (SSSR count). The highest BCUT2D eigenvalue weighted by atomic mass is 32.1. The second-order valence-corrected chi connectivity index (χ2v) is 9.91. The fraction of sp³-hybridized carbons (Fsp3) is 0.400. The fourth-order valence-corrected chi connectivity index (χ4v) is 5.46. The molecular formula is C25H28N4O2S. The molecule has 0 radical (unpaired) electrons. The van der Waals surface area contributed by atoms with E-state index in [-0.39, 0.29) is 17.4 Å². The van der Waals surface area contributed by atoms with Gasteiger partial charge in [-0.3, -0.25) is 14.5 Å². The molecule has 2 aromatic heterocycles. The van der Waals surface area contributed by atoms with Gasteiger partial charge in [0, 0.05) is 55.5 Å². The lowest BCUT2D eigenvalue weighted by molar-refractivity contribution is 0.0704. The zero-order valence-electron chi connectivity index (χ0n) is 18.3. The van der Waals surface area contributed by atoms with Crippen LogP contribution < -0.4 is 5.56 Å². The summed E-state index contributed by atoms with van der Waals surface area (Å²) in [6.45, 7) is 5.78. The van der Waals surface area contributed by atoms with Crippen LogP contribution in [0.4, 0.5) is 0 Å². The third-order valence-corrected chi connectivity index (χ3v) is 7.38. The molecular weight excluding hydrogens is 420 g/mol. The normalized spacial score (nSPS) is 19.0. The number of carbonyl (C=O) groups excluding carboxylic acids is 1. The summed E-state index contributed by atoms with van der Waals surface area (Å²) < 4.78 is 0. The molecule has 1 aromatic carbocycles. The van der Waals surface area contributed by atoms with E-state index in [1.165, 1.54) is 4.88 Å². The third-order valence-electron chi connectivity index (χ3n) is 6.52. The number of hydrogen-bond acceptors (Lipinski definition) is 5. The number of piperidine rings is 1. The maximum absolute atomic E-state index is 13.0. The van der Waals surface area contributed by atoms with Gasteiger partial charge in [-0.25, -0.2) is 4.98 Å². The SMILES string of the molecule is Cc1ccc(C(=O)N2CCC[C@@H](c3nc4c(c(=O)[nH]3)CN(Cc3cccs3)CC4)C2)cc1. The van der Waals surface area contributed by atoms with E-state index in [2.05, 4.69) is 27.4 Å². The quantitative estimate of drug-likeness (QED) is 0.661. The Morgan fingerprint density at radius 2 is 2.06 bits per heavy atom. The molecule has 1 N–H and O–H groups in total. The fourth-order valence-electron chi connectivity index (χ4n) is 4.71. The number of aryl methyl sites for hydroxylation is 1. The molecule has 1 saturated heterocycles. The number of H-pyrrole nitrogens is 1. The van der Waals surface area contributed by atoms with Crippen LogP contribution in [0.5, 0.6) is 0 Å². The minimum absolute atomic E-state index is 0.0251. The van der Waals surface area contributed by atoms with Crippen LogP contribution in [0.25, 0.3) is 0 Å². The number of hydrogen-bond donors (Lipinski definition) is 1. The van der Waals surface area contributed by atoms with Crippen LogP contribution in [0.15, 0.2) is 46.6 Å². The Labute approximate surface area is 191 Å². The number of likely N-dealkylation sites (tertiary alicyclic amines) is 1. The molecule has 0 bridgehead atoms. The van der Waals surface area contributed by atoms with Gasteiger partial charge < -0.3 is 9.88 Å². The summed E-state index contributed by atoms with van der Waals surface area (Å²) in [5, 5.41) is 2.09. The van der Waals surface area contributed by atoms with E-state index in [0.29, 0.717) is 18.7 Å². The molecule has 1 fully saturated rings. The van der Waals surface area contributed by atoms with Gasteiger partial charge in [-0.05, 0) is 43.3 Å². The summed E-state index contributed by atoms with van der Waals surface area (Å²) in [5.41, 5.74) is 3.55. The topological polar surface area (TPSA) is 69.3 Å². The molecule has 166 valence electrons. The van der Waals surface area contributed by atoms with E-state index in [4.69, 9.17) is 4.98 Å². The van der Waals surface area contributed by atoms with E-state index in [9.17, 15) is 9.59 Å². The molecule has 4 heterocycles. The van der Waals surface area contributed by atoms with E-state index in [0.717, 1.165) is 61.5 Å². The van der Waals surface area contributed by atoms with Crippen molar-refractivity contribution in [2.45, 2.75) is 45.2 Å². The summed E-state index contributed by atoms with van der Waals surface area (Å²) in [6.07, 6.45) is 2.64. The average molecular weight is 449 g/mol. The molecule has 2 aliphatic rings. The highest BCUT2D eigenvalue weighted by Crippen LogP contribution is 2.27. The average Bonchev–Trinajstić information content (AvgIpc) is 3.32. The molecule has 0 aliphatic carbocycles. The largest absolute Gasteiger partial charge is 0.338 e. The van der Waals surface area contributed by atoms with Crippen molar-refractivity contribution in [3.05, 3.63) is 85.2 Å². The summed E-state index contributed by atoms with van der Waals surface area (Å²) in [4.78, 5) is 39.4. The van der Waals surface area contributed by atoms with Crippen LogP contribution in [-0.2, 0) is 19.5 Å². The molecule has 1 amide bonds. The van der Waals surface area contributed by atoms with E-state index >= 15 is 0 Å². The predicted octanol–water partition coefficient (Wildman–Crippen LogP) is 3.72. The number of carbonyl (C=O) groups is 1. The molecule has 7 heteroatoms. The molecule has 2 aliphatic heterocycles. The highest BCUT2D eigenvalue weighted by Gasteiger charge is 2.29. The smallest absolute Gasteiger partial charge is 0.255 e. The first-order valence-corrected chi connectivity index (χ1v) is 12.2. The monoisotopic (exact) mass is 448 g/mol. The first-order chi connectivity index (χ1) is 15.6. The van der Waals surface area contributed by atoms with Crippen molar-refractivity contribution in [1.29, 1.82) is 0 Å². The van der Waals surface area contributed by atoms with Crippen LogP contribution in [0.3, 0.4) is 0 Å². The Hall–Kier alpha value is -2.77. The minimum Gasteiger partial charge on any atom is -0.338 e. The summed E-state index contributed by atoms with van der Waals surface area (Å²) in [7, 11) is 0. The molecule has 3 aromatic rings. The number of fused-ring (bicyclic) bond motifs is 1. The van der Waals surface area contributed by atoms with Crippen LogP contribution in [0.2, 0.25) is 0 Å². The van der Waals surface area contributed by atoms with Gasteiger partial charge in [-0.2, -0.15) is 0 Å². The van der Waals surface area contributed by atoms with Crippen LogP contribution >= 0.6 is 11.3 Å². The Balaban J connectivity index is 1.31. The molecule has 6 nitrogen and oxygen atoms in total. The second-order valence-electron chi connectivity index (χ2n) is 8.87. The van der Waals surface area contributed by atoms with E-state index < -0.39 is 0 Å². The zero-order valence-corrected chi connectivity index (χ0v) is 19.2. The van der Waals surface area contributed by atoms with Gasteiger partial charge in [0.25, 0.3) is 11.5 Å². The van der Waals surface area contributed by atoms with E-state index in [1.807, 2.05) is 36.1 Å². The van der Waals surface area contributed by atoms with Crippen molar-refractivity contribution < 1.29 is 4.79 Å². The standard InChI is InChI=1S/C25H28N4O2S/c1-17-6-8-18(9-7-17)25(31)29-11-2-4-19(14-29)23-26-22-10-12-28(15-20-5-3-13-32-20)16-21(22)24(30)27-23/h3,5-9,13,19H,2,4,10-12,14-16H2,1H3,(H,26,27,30)/t19-/m1/s1. The van der Waals surface area contributed by atoms with Crippen molar-refractivity contribution in [3.63, 3.8) is 0 Å². The lowest BCUT2D eigenvalue weighted by atomic mass is 9.95. The Morgan fingerprint density at radius 3 is 2.84 bits per heavy atom. The highest BCUT2D eigenvalue weighted by molar-refractivity contribution is 7.09. The van der Waals surface area contributed by atoms with Crippen molar-refractivity contribution in [3.8, 4) is 0 Å².